The Kier molecular flexibility index (Phi) is 3.79. The van der Waals surface area contributed by atoms with Gasteiger partial charge in [-0.05, 0) is 37.8 Å². The van der Waals surface area contributed by atoms with Crippen LogP contribution in [0.4, 0.5) is 5.69 Å². The van der Waals surface area contributed by atoms with Crippen molar-refractivity contribution in [3.05, 3.63) is 38.9 Å². The summed E-state index contributed by atoms with van der Waals surface area (Å²) in [5, 5.41) is 8.96. The normalized spacial score (nSPS) is 22.3. The molecule has 1 aromatic heterocycles. The van der Waals surface area contributed by atoms with Crippen LogP contribution >= 0.6 is 0 Å². The number of ether oxygens (including phenoxy) is 1. The lowest BCUT2D eigenvalue weighted by atomic mass is 9.92. The monoisotopic (exact) mass is 289 g/mol. The molecule has 0 amide bonds. The number of benzene rings is 1. The third-order valence-corrected chi connectivity index (χ3v) is 4.14. The second-order valence-corrected chi connectivity index (χ2v) is 5.50. The van der Waals surface area contributed by atoms with E-state index in [1.54, 1.807) is 19.2 Å². The van der Waals surface area contributed by atoms with E-state index in [4.69, 9.17) is 4.74 Å². The van der Waals surface area contributed by atoms with E-state index in [1.165, 1.54) is 0 Å². The lowest BCUT2D eigenvalue weighted by Gasteiger charge is -2.29. The molecule has 6 nitrogen and oxygen atoms in total. The lowest BCUT2D eigenvalue weighted by Crippen LogP contribution is -2.31. The average molecular weight is 289 g/mol. The number of nitrogens with one attached hydrogen (secondary N) is 3. The van der Waals surface area contributed by atoms with E-state index in [1.807, 2.05) is 6.07 Å². The minimum Gasteiger partial charge on any atom is -0.382 e. The highest BCUT2D eigenvalue weighted by Crippen LogP contribution is 2.25. The van der Waals surface area contributed by atoms with E-state index in [2.05, 4.69) is 15.5 Å². The molecule has 6 heteroatoms. The first-order valence-electron chi connectivity index (χ1n) is 7.22. The number of hydrogen-bond donors (Lipinski definition) is 3. The molecule has 1 aliphatic carbocycles. The van der Waals surface area contributed by atoms with Crippen LogP contribution in [0.25, 0.3) is 10.8 Å². The first-order valence-corrected chi connectivity index (χ1v) is 7.22. The smallest absolute Gasteiger partial charge is 0.272 e. The highest BCUT2D eigenvalue weighted by molar-refractivity contribution is 5.92. The molecule has 2 atom stereocenters. The van der Waals surface area contributed by atoms with E-state index >= 15 is 0 Å². The van der Waals surface area contributed by atoms with E-state index in [0.29, 0.717) is 16.5 Å². The van der Waals surface area contributed by atoms with E-state index in [-0.39, 0.29) is 23.3 Å². The van der Waals surface area contributed by atoms with Gasteiger partial charge in [-0.3, -0.25) is 19.8 Å². The van der Waals surface area contributed by atoms with Gasteiger partial charge in [-0.25, -0.2) is 0 Å². The zero-order chi connectivity index (χ0) is 14.8. The first-order chi connectivity index (χ1) is 10.2. The zero-order valence-corrected chi connectivity index (χ0v) is 11.9. The summed E-state index contributed by atoms with van der Waals surface area (Å²) in [5.74, 6) is 0. The van der Waals surface area contributed by atoms with Gasteiger partial charge in [0.25, 0.3) is 11.1 Å². The summed E-state index contributed by atoms with van der Waals surface area (Å²) in [7, 11) is 1.73. The SMILES string of the molecule is COC1CCCC(Nc2cccc3c(=O)[nH][nH]c(=O)c23)C1. The molecule has 1 aliphatic rings. The maximum Gasteiger partial charge on any atom is 0.272 e. The van der Waals surface area contributed by atoms with E-state index < -0.39 is 0 Å². The highest BCUT2D eigenvalue weighted by atomic mass is 16.5. The molecule has 112 valence electrons. The van der Waals surface area contributed by atoms with Crippen molar-refractivity contribution in [1.82, 2.24) is 10.2 Å². The van der Waals surface area contributed by atoms with Gasteiger partial charge in [0.2, 0.25) is 0 Å². The fraction of sp³-hybridized carbons (Fsp3) is 0.467. The quantitative estimate of drug-likeness (QED) is 0.800. The molecule has 2 aromatic rings. The number of rotatable bonds is 3. The van der Waals surface area contributed by atoms with Crippen molar-refractivity contribution in [3.63, 3.8) is 0 Å². The predicted molar refractivity (Wildman–Crippen MR) is 81.9 cm³/mol. The van der Waals surface area contributed by atoms with Gasteiger partial charge < -0.3 is 10.1 Å². The minimum atomic E-state index is -0.285. The molecule has 3 rings (SSSR count). The lowest BCUT2D eigenvalue weighted by molar-refractivity contribution is 0.0669. The maximum absolute atomic E-state index is 12.0. The minimum absolute atomic E-state index is 0.257. The van der Waals surface area contributed by atoms with Crippen molar-refractivity contribution in [2.24, 2.45) is 0 Å². The van der Waals surface area contributed by atoms with Crippen LogP contribution in [0, 0.1) is 0 Å². The summed E-state index contributed by atoms with van der Waals surface area (Å²) in [6, 6.07) is 5.55. The first kappa shape index (κ1) is 13.9. The Hall–Kier alpha value is -2.08. The van der Waals surface area contributed by atoms with Gasteiger partial charge >= 0.3 is 0 Å². The highest BCUT2D eigenvalue weighted by Gasteiger charge is 2.22. The second-order valence-electron chi connectivity index (χ2n) is 5.50. The molecule has 2 unspecified atom stereocenters. The molecular formula is C15H19N3O3. The number of hydrogen-bond acceptors (Lipinski definition) is 4. The molecule has 0 radical (unpaired) electrons. The van der Waals surface area contributed by atoms with Crippen LogP contribution in [-0.2, 0) is 4.74 Å². The Balaban J connectivity index is 1.96. The number of aromatic amines is 2. The van der Waals surface area contributed by atoms with Crippen LogP contribution in [0.15, 0.2) is 27.8 Å². The van der Waals surface area contributed by atoms with Gasteiger partial charge in [-0.1, -0.05) is 6.07 Å². The molecule has 0 saturated heterocycles. The summed E-state index contributed by atoms with van der Waals surface area (Å²) < 4.78 is 5.43. The van der Waals surface area contributed by atoms with Gasteiger partial charge in [0.05, 0.1) is 16.9 Å². The van der Waals surface area contributed by atoms with Crippen molar-refractivity contribution >= 4 is 16.5 Å². The number of methoxy groups -OCH3 is 1. The number of anilines is 1. The third kappa shape index (κ3) is 2.71. The Morgan fingerprint density at radius 1 is 1.19 bits per heavy atom. The molecule has 3 N–H and O–H groups in total. The van der Waals surface area contributed by atoms with Crippen LogP contribution in [0.1, 0.15) is 25.7 Å². The fourth-order valence-corrected chi connectivity index (χ4v) is 3.06. The molecule has 1 fully saturated rings. The van der Waals surface area contributed by atoms with Gasteiger partial charge in [-0.15, -0.1) is 0 Å². The van der Waals surface area contributed by atoms with E-state index in [9.17, 15) is 9.59 Å². The van der Waals surface area contributed by atoms with Crippen LogP contribution in [-0.4, -0.2) is 29.5 Å². The summed E-state index contributed by atoms with van der Waals surface area (Å²) in [6.45, 7) is 0. The number of H-pyrrole nitrogens is 2. The molecular weight excluding hydrogens is 270 g/mol. The Morgan fingerprint density at radius 3 is 2.81 bits per heavy atom. The zero-order valence-electron chi connectivity index (χ0n) is 11.9. The van der Waals surface area contributed by atoms with Crippen LogP contribution in [0.2, 0.25) is 0 Å². The second kappa shape index (κ2) is 5.73. The molecule has 1 aromatic carbocycles. The van der Waals surface area contributed by atoms with Gasteiger partial charge in [0.15, 0.2) is 0 Å². The summed E-state index contributed by atoms with van der Waals surface area (Å²) in [5.41, 5.74) is 0.139. The average Bonchev–Trinajstić information content (AvgIpc) is 2.51. The van der Waals surface area contributed by atoms with Gasteiger partial charge in [0, 0.05) is 18.8 Å². The van der Waals surface area contributed by atoms with Crippen molar-refractivity contribution in [2.75, 3.05) is 12.4 Å². The molecule has 0 spiro atoms. The Morgan fingerprint density at radius 2 is 2.00 bits per heavy atom. The molecule has 21 heavy (non-hydrogen) atoms. The summed E-state index contributed by atoms with van der Waals surface area (Å²) in [6.07, 6.45) is 4.38. The van der Waals surface area contributed by atoms with Gasteiger partial charge in [0.1, 0.15) is 0 Å². The molecule has 1 saturated carbocycles. The predicted octanol–water partition coefficient (Wildman–Crippen LogP) is 1.59. The topological polar surface area (TPSA) is 87.0 Å². The Bertz CT molecular complexity index is 750. The van der Waals surface area contributed by atoms with Crippen LogP contribution in [0.3, 0.4) is 0 Å². The van der Waals surface area contributed by atoms with E-state index in [0.717, 1.165) is 25.7 Å². The van der Waals surface area contributed by atoms with Crippen molar-refractivity contribution in [2.45, 2.75) is 37.8 Å². The largest absolute Gasteiger partial charge is 0.382 e. The third-order valence-electron chi connectivity index (χ3n) is 4.14. The van der Waals surface area contributed by atoms with Crippen LogP contribution in [0.5, 0.6) is 0 Å². The molecule has 1 heterocycles. The van der Waals surface area contributed by atoms with Crippen molar-refractivity contribution in [3.8, 4) is 0 Å². The van der Waals surface area contributed by atoms with Crippen molar-refractivity contribution in [1.29, 1.82) is 0 Å². The number of aromatic nitrogens is 2. The Labute approximate surface area is 121 Å². The van der Waals surface area contributed by atoms with Crippen LogP contribution < -0.4 is 16.4 Å². The molecule has 0 bridgehead atoms. The number of fused-ring (bicyclic) bond motifs is 1. The maximum atomic E-state index is 12.0. The standard InChI is InChI=1S/C15H19N3O3/c1-21-10-5-2-4-9(8-10)16-12-7-3-6-11-13(12)15(20)18-17-14(11)19/h3,6-7,9-10,16H,2,4-5,8H2,1H3,(H,17,19)(H,18,20). The molecule has 0 aliphatic heterocycles. The van der Waals surface area contributed by atoms with Gasteiger partial charge in [-0.2, -0.15) is 0 Å². The summed E-state index contributed by atoms with van der Waals surface area (Å²) >= 11 is 0. The summed E-state index contributed by atoms with van der Waals surface area (Å²) in [4.78, 5) is 23.8. The van der Waals surface area contributed by atoms with Crippen molar-refractivity contribution < 1.29 is 4.74 Å². The fourth-order valence-electron chi connectivity index (χ4n) is 3.06.